The van der Waals surface area contributed by atoms with Crippen molar-refractivity contribution in [3.63, 3.8) is 0 Å². The Bertz CT molecular complexity index is 739. The fourth-order valence-corrected chi connectivity index (χ4v) is 1.86. The first-order valence-electron chi connectivity index (χ1n) is 7.46. The van der Waals surface area contributed by atoms with E-state index in [9.17, 15) is 9.59 Å². The van der Waals surface area contributed by atoms with Crippen molar-refractivity contribution in [2.24, 2.45) is 0 Å². The van der Waals surface area contributed by atoms with Gasteiger partial charge < -0.3 is 10.1 Å². The summed E-state index contributed by atoms with van der Waals surface area (Å²) in [5, 5.41) is 14.5. The number of carbonyl (C=O) groups excluding carboxylic acids is 2. The van der Waals surface area contributed by atoms with Gasteiger partial charge in [-0.25, -0.2) is 4.79 Å². The Labute approximate surface area is 139 Å². The maximum Gasteiger partial charge on any atom is 0.338 e. The molecule has 0 saturated heterocycles. The van der Waals surface area contributed by atoms with Gasteiger partial charge in [0.05, 0.1) is 11.7 Å². The van der Waals surface area contributed by atoms with Crippen LogP contribution in [-0.4, -0.2) is 44.7 Å². The van der Waals surface area contributed by atoms with Gasteiger partial charge in [-0.05, 0) is 31.2 Å². The number of esters is 1. The zero-order valence-corrected chi connectivity index (χ0v) is 13.6. The van der Waals surface area contributed by atoms with Crippen molar-refractivity contribution < 1.29 is 14.3 Å². The summed E-state index contributed by atoms with van der Waals surface area (Å²) in [7, 11) is 0. The Balaban J connectivity index is 2.11. The number of ether oxygens (including phenoxy) is 1. The first-order valence-corrected chi connectivity index (χ1v) is 7.46. The van der Waals surface area contributed by atoms with E-state index in [1.165, 1.54) is 4.80 Å². The van der Waals surface area contributed by atoms with Crippen molar-refractivity contribution in [3.8, 4) is 11.4 Å². The van der Waals surface area contributed by atoms with Crippen molar-refractivity contribution in [2.75, 3.05) is 6.54 Å². The normalized spacial score (nSPS) is 10.5. The van der Waals surface area contributed by atoms with E-state index >= 15 is 0 Å². The fraction of sp³-hybridized carbons (Fsp3) is 0.312. The molecule has 0 unspecified atom stereocenters. The SMILES string of the molecule is C=CCNC(=O)Cn1nnc(-c2cccc(C(=O)OC(C)C)c2)n1. The second-order valence-corrected chi connectivity index (χ2v) is 5.27. The largest absolute Gasteiger partial charge is 0.459 e. The molecule has 2 rings (SSSR count). The van der Waals surface area contributed by atoms with Crippen LogP contribution in [0.4, 0.5) is 0 Å². The summed E-state index contributed by atoms with van der Waals surface area (Å²) in [6.07, 6.45) is 1.38. The molecule has 8 nitrogen and oxygen atoms in total. The van der Waals surface area contributed by atoms with Gasteiger partial charge in [0.1, 0.15) is 6.54 Å². The van der Waals surface area contributed by atoms with E-state index in [-0.39, 0.29) is 18.6 Å². The van der Waals surface area contributed by atoms with E-state index in [1.54, 1.807) is 44.2 Å². The highest BCUT2D eigenvalue weighted by molar-refractivity contribution is 5.90. The Morgan fingerprint density at radius 3 is 2.92 bits per heavy atom. The molecule has 0 radical (unpaired) electrons. The molecule has 0 aliphatic heterocycles. The highest BCUT2D eigenvalue weighted by Gasteiger charge is 2.13. The highest BCUT2D eigenvalue weighted by atomic mass is 16.5. The third kappa shape index (κ3) is 4.73. The summed E-state index contributed by atoms with van der Waals surface area (Å²) in [6.45, 7) is 7.42. The van der Waals surface area contributed by atoms with Crippen LogP contribution < -0.4 is 5.32 Å². The molecule has 0 fully saturated rings. The van der Waals surface area contributed by atoms with Crippen LogP contribution in [0.1, 0.15) is 24.2 Å². The summed E-state index contributed by atoms with van der Waals surface area (Å²) in [5.41, 5.74) is 1.02. The van der Waals surface area contributed by atoms with E-state index < -0.39 is 5.97 Å². The summed E-state index contributed by atoms with van der Waals surface area (Å²) >= 11 is 0. The number of hydrogen-bond acceptors (Lipinski definition) is 6. The zero-order valence-electron chi connectivity index (χ0n) is 13.6. The Hall–Kier alpha value is -3.03. The molecule has 1 amide bonds. The van der Waals surface area contributed by atoms with Gasteiger partial charge in [0.15, 0.2) is 0 Å². The fourth-order valence-electron chi connectivity index (χ4n) is 1.86. The number of nitrogens with zero attached hydrogens (tertiary/aromatic N) is 4. The molecule has 1 heterocycles. The standard InChI is InChI=1S/C16H19N5O3/c1-4-8-17-14(22)10-21-19-15(18-20-21)12-6-5-7-13(9-12)16(23)24-11(2)3/h4-7,9,11H,1,8,10H2,2-3H3,(H,17,22). The van der Waals surface area contributed by atoms with Crippen LogP contribution in [0.2, 0.25) is 0 Å². The number of carbonyl (C=O) groups is 2. The summed E-state index contributed by atoms with van der Waals surface area (Å²) in [5.74, 6) is -0.332. The molecule has 0 aliphatic carbocycles. The highest BCUT2D eigenvalue weighted by Crippen LogP contribution is 2.16. The van der Waals surface area contributed by atoms with Gasteiger partial charge >= 0.3 is 5.97 Å². The van der Waals surface area contributed by atoms with E-state index in [4.69, 9.17) is 4.74 Å². The molecule has 1 aromatic carbocycles. The summed E-state index contributed by atoms with van der Waals surface area (Å²) in [6, 6.07) is 6.75. The van der Waals surface area contributed by atoms with Crippen LogP contribution >= 0.6 is 0 Å². The lowest BCUT2D eigenvalue weighted by Crippen LogP contribution is -2.28. The molecule has 1 N–H and O–H groups in total. The maximum atomic E-state index is 11.9. The van der Waals surface area contributed by atoms with Gasteiger partial charge in [0.2, 0.25) is 11.7 Å². The predicted molar refractivity (Wildman–Crippen MR) is 87.0 cm³/mol. The number of hydrogen-bond donors (Lipinski definition) is 1. The molecule has 0 bridgehead atoms. The average Bonchev–Trinajstić information content (AvgIpc) is 3.01. The third-order valence-corrected chi connectivity index (χ3v) is 2.88. The van der Waals surface area contributed by atoms with Gasteiger partial charge in [0, 0.05) is 12.1 Å². The smallest absolute Gasteiger partial charge is 0.338 e. The molecule has 126 valence electrons. The molecule has 0 atom stereocenters. The van der Waals surface area contributed by atoms with Gasteiger partial charge in [-0.1, -0.05) is 18.2 Å². The lowest BCUT2D eigenvalue weighted by Gasteiger charge is -2.08. The molecule has 2 aromatic rings. The second-order valence-electron chi connectivity index (χ2n) is 5.27. The maximum absolute atomic E-state index is 11.9. The van der Waals surface area contributed by atoms with Gasteiger partial charge in [0.25, 0.3) is 0 Å². The van der Waals surface area contributed by atoms with Crippen LogP contribution in [0, 0.1) is 0 Å². The van der Waals surface area contributed by atoms with E-state index in [2.05, 4.69) is 27.3 Å². The van der Waals surface area contributed by atoms with Crippen LogP contribution in [0.25, 0.3) is 11.4 Å². The number of amides is 1. The Kier molecular flexibility index (Phi) is 5.78. The molecular formula is C16H19N5O3. The Morgan fingerprint density at radius 1 is 1.42 bits per heavy atom. The third-order valence-electron chi connectivity index (χ3n) is 2.88. The number of tetrazole rings is 1. The molecule has 8 heteroatoms. The van der Waals surface area contributed by atoms with Crippen molar-refractivity contribution in [1.82, 2.24) is 25.5 Å². The van der Waals surface area contributed by atoms with Crippen molar-refractivity contribution in [2.45, 2.75) is 26.5 Å². The predicted octanol–water partition coefficient (Wildman–Crippen LogP) is 1.21. The minimum absolute atomic E-state index is 0.0457. The lowest BCUT2D eigenvalue weighted by molar-refractivity contribution is -0.121. The molecule has 24 heavy (non-hydrogen) atoms. The zero-order chi connectivity index (χ0) is 17.5. The summed E-state index contributed by atoms with van der Waals surface area (Å²) < 4.78 is 5.16. The first kappa shape index (κ1) is 17.3. The topological polar surface area (TPSA) is 99.0 Å². The van der Waals surface area contributed by atoms with E-state index in [1.807, 2.05) is 0 Å². The van der Waals surface area contributed by atoms with Gasteiger partial charge in [-0.2, -0.15) is 4.80 Å². The molecule has 0 aliphatic rings. The number of aromatic nitrogens is 4. The molecule has 0 saturated carbocycles. The average molecular weight is 329 g/mol. The lowest BCUT2D eigenvalue weighted by atomic mass is 10.1. The van der Waals surface area contributed by atoms with Crippen molar-refractivity contribution >= 4 is 11.9 Å². The van der Waals surface area contributed by atoms with Crippen LogP contribution in [0.5, 0.6) is 0 Å². The van der Waals surface area contributed by atoms with Gasteiger partial charge in [-0.3, -0.25) is 4.79 Å². The monoisotopic (exact) mass is 329 g/mol. The van der Waals surface area contributed by atoms with Crippen LogP contribution in [-0.2, 0) is 16.1 Å². The van der Waals surface area contributed by atoms with E-state index in [0.717, 1.165) is 0 Å². The minimum Gasteiger partial charge on any atom is -0.459 e. The number of rotatable bonds is 7. The number of nitrogens with one attached hydrogen (secondary N) is 1. The molecular weight excluding hydrogens is 310 g/mol. The van der Waals surface area contributed by atoms with E-state index in [0.29, 0.717) is 23.5 Å². The number of benzene rings is 1. The van der Waals surface area contributed by atoms with Gasteiger partial charge in [-0.15, -0.1) is 16.8 Å². The van der Waals surface area contributed by atoms with Crippen LogP contribution in [0.3, 0.4) is 0 Å². The molecule has 1 aromatic heterocycles. The van der Waals surface area contributed by atoms with Crippen LogP contribution in [0.15, 0.2) is 36.9 Å². The second kappa shape index (κ2) is 8.00. The quantitative estimate of drug-likeness (QED) is 0.605. The first-order chi connectivity index (χ1) is 11.5. The Morgan fingerprint density at radius 2 is 2.21 bits per heavy atom. The van der Waals surface area contributed by atoms with Crippen molar-refractivity contribution in [1.29, 1.82) is 0 Å². The minimum atomic E-state index is -0.414. The van der Waals surface area contributed by atoms with Crippen molar-refractivity contribution in [3.05, 3.63) is 42.5 Å². The summed E-state index contributed by atoms with van der Waals surface area (Å²) in [4.78, 5) is 24.7. The molecule has 0 spiro atoms.